The smallest absolute Gasteiger partial charge is 0.222 e. The number of nitrogens with zero attached hydrogens (tertiary/aromatic N) is 4. The zero-order valence-corrected chi connectivity index (χ0v) is 42.1. The molecular formula is C51H64Cl2N10O8. The Morgan fingerprint density at radius 3 is 1.49 bits per heavy atom. The Kier molecular flexibility index (Phi) is 18.5. The summed E-state index contributed by atoms with van der Waals surface area (Å²) in [6.45, 7) is 10.4. The lowest BCUT2D eigenvalue weighted by atomic mass is 9.99. The fraction of sp³-hybridized carbons (Fsp3) is 0.451. The predicted molar refractivity (Wildman–Crippen MR) is 275 cm³/mol. The van der Waals surface area contributed by atoms with E-state index < -0.39 is 6.04 Å². The van der Waals surface area contributed by atoms with Crippen LogP contribution in [0.25, 0.3) is 0 Å². The molecule has 0 radical (unpaired) electrons. The van der Waals surface area contributed by atoms with Crippen molar-refractivity contribution < 1.29 is 38.0 Å². The van der Waals surface area contributed by atoms with E-state index in [0.29, 0.717) is 94.1 Å². The highest BCUT2D eigenvalue weighted by atomic mass is 35.5. The normalized spacial score (nSPS) is 21.2. The van der Waals surface area contributed by atoms with Gasteiger partial charge in [-0.05, 0) is 81.4 Å². The molecule has 4 aromatic carbocycles. The maximum Gasteiger partial charge on any atom is 0.222 e. The van der Waals surface area contributed by atoms with E-state index in [-0.39, 0.29) is 55.4 Å². The second-order valence-electron chi connectivity index (χ2n) is 17.3. The molecule has 71 heavy (non-hydrogen) atoms. The minimum atomic E-state index is -0.417. The van der Waals surface area contributed by atoms with E-state index >= 15 is 0 Å². The van der Waals surface area contributed by atoms with Crippen LogP contribution in [0.1, 0.15) is 55.9 Å². The number of nitrogens with one attached hydrogen (secondary N) is 6. The first-order valence-electron chi connectivity index (χ1n) is 24.2. The third kappa shape index (κ3) is 13.2. The Labute approximate surface area is 425 Å². The number of hydrazine groups is 2. The van der Waals surface area contributed by atoms with Crippen molar-refractivity contribution in [3.8, 4) is 11.5 Å². The number of fused-ring (bicyclic) bond motifs is 6. The highest BCUT2D eigenvalue weighted by Crippen LogP contribution is 2.38. The van der Waals surface area contributed by atoms with Crippen molar-refractivity contribution in [1.82, 2.24) is 32.3 Å². The van der Waals surface area contributed by atoms with Gasteiger partial charge in [0.05, 0.1) is 109 Å². The molecule has 2 fully saturated rings. The summed E-state index contributed by atoms with van der Waals surface area (Å²) in [5.41, 5.74) is 20.4. The lowest BCUT2D eigenvalue weighted by Gasteiger charge is -2.31. The Hall–Kier alpha value is -5.38. The first kappa shape index (κ1) is 52.0. The number of anilines is 2. The number of aliphatic imine (C=N–C) groups is 2. The number of amides is 2. The number of ether oxygens (including phenoxy) is 6. The SMILES string of the molecule is CCNC(=O)C[C@@H]1N=C(c2ccc(Cl)cc2)c2cc(OCCOCCOCCOCCOCCNC(=O)C[C@@H]3N=C(c4ccc(Cl)cc4)c4cc(OC)ccc4N4C(C)NNC34)ccc2N2C(C)NNC12. The minimum Gasteiger partial charge on any atom is -0.497 e. The molecule has 0 aromatic heterocycles. The van der Waals surface area contributed by atoms with Crippen LogP contribution in [-0.4, -0.2) is 140 Å². The van der Waals surface area contributed by atoms with Crippen molar-refractivity contribution in [3.63, 3.8) is 0 Å². The lowest BCUT2D eigenvalue weighted by molar-refractivity contribution is -0.122. The Bertz CT molecular complexity index is 2480. The topological polar surface area (TPSA) is 193 Å². The van der Waals surface area contributed by atoms with Crippen LogP contribution in [0.15, 0.2) is 94.9 Å². The molecule has 4 aromatic rings. The van der Waals surface area contributed by atoms with E-state index in [1.165, 1.54) is 0 Å². The van der Waals surface area contributed by atoms with Crippen molar-refractivity contribution in [2.75, 3.05) is 89.5 Å². The second kappa shape index (κ2) is 25.3. The average molecular weight is 1020 g/mol. The molecule has 8 rings (SSSR count). The second-order valence-corrected chi connectivity index (χ2v) is 18.2. The number of carbonyl (C=O) groups is 2. The Balaban J connectivity index is 0.716. The van der Waals surface area contributed by atoms with Gasteiger partial charge in [0.25, 0.3) is 0 Å². The number of carbonyl (C=O) groups excluding carboxylic acids is 2. The molecule has 4 heterocycles. The molecule has 380 valence electrons. The molecule has 20 heteroatoms. The first-order chi connectivity index (χ1) is 34.6. The minimum absolute atomic E-state index is 0.0545. The van der Waals surface area contributed by atoms with Gasteiger partial charge in [-0.2, -0.15) is 0 Å². The van der Waals surface area contributed by atoms with Gasteiger partial charge in [-0.3, -0.25) is 19.6 Å². The van der Waals surface area contributed by atoms with Gasteiger partial charge in [0, 0.05) is 56.8 Å². The molecule has 0 spiro atoms. The summed E-state index contributed by atoms with van der Waals surface area (Å²) in [5, 5.41) is 7.17. The van der Waals surface area contributed by atoms with Crippen molar-refractivity contribution in [1.29, 1.82) is 0 Å². The Morgan fingerprint density at radius 2 is 1.01 bits per heavy atom. The summed E-state index contributed by atoms with van der Waals surface area (Å²) in [6, 6.07) is 26.3. The number of rotatable bonds is 24. The van der Waals surface area contributed by atoms with Crippen LogP contribution in [0.3, 0.4) is 0 Å². The van der Waals surface area contributed by atoms with Crippen molar-refractivity contribution in [2.24, 2.45) is 9.98 Å². The molecule has 2 amide bonds. The summed E-state index contributed by atoms with van der Waals surface area (Å²) in [4.78, 5) is 41.0. The van der Waals surface area contributed by atoms with E-state index in [9.17, 15) is 9.59 Å². The van der Waals surface area contributed by atoms with Gasteiger partial charge >= 0.3 is 0 Å². The quantitative estimate of drug-likeness (QED) is 0.0525. The van der Waals surface area contributed by atoms with Crippen LogP contribution in [0, 0.1) is 0 Å². The summed E-state index contributed by atoms with van der Waals surface area (Å²) in [7, 11) is 1.64. The summed E-state index contributed by atoms with van der Waals surface area (Å²) in [6.07, 6.45) is -0.258. The first-order valence-corrected chi connectivity index (χ1v) is 24.9. The molecule has 6 atom stereocenters. The molecule has 0 saturated carbocycles. The van der Waals surface area contributed by atoms with Crippen LogP contribution in [0.5, 0.6) is 11.5 Å². The lowest BCUT2D eigenvalue weighted by Crippen LogP contribution is -2.48. The van der Waals surface area contributed by atoms with E-state index in [1.54, 1.807) is 7.11 Å². The summed E-state index contributed by atoms with van der Waals surface area (Å²) < 4.78 is 34.6. The predicted octanol–water partition coefficient (Wildman–Crippen LogP) is 4.79. The molecule has 4 aliphatic heterocycles. The van der Waals surface area contributed by atoms with Crippen molar-refractivity contribution >= 4 is 57.8 Å². The zero-order chi connectivity index (χ0) is 49.7. The molecule has 4 unspecified atom stereocenters. The summed E-state index contributed by atoms with van der Waals surface area (Å²) >= 11 is 12.5. The van der Waals surface area contributed by atoms with Gasteiger partial charge in [0.1, 0.15) is 30.4 Å². The molecule has 0 aliphatic carbocycles. The third-order valence-electron chi connectivity index (χ3n) is 12.5. The van der Waals surface area contributed by atoms with Gasteiger partial charge in [-0.25, -0.2) is 21.7 Å². The fourth-order valence-electron chi connectivity index (χ4n) is 9.10. The van der Waals surface area contributed by atoms with Crippen molar-refractivity contribution in [2.45, 2.75) is 70.4 Å². The molecule has 0 bridgehead atoms. The van der Waals surface area contributed by atoms with E-state index in [0.717, 1.165) is 45.1 Å². The highest BCUT2D eigenvalue weighted by Gasteiger charge is 2.42. The monoisotopic (exact) mass is 1010 g/mol. The highest BCUT2D eigenvalue weighted by molar-refractivity contribution is 6.31. The third-order valence-corrected chi connectivity index (χ3v) is 13.0. The van der Waals surface area contributed by atoms with Crippen LogP contribution in [0.4, 0.5) is 11.4 Å². The molecule has 18 nitrogen and oxygen atoms in total. The van der Waals surface area contributed by atoms with Crippen LogP contribution in [0.2, 0.25) is 10.0 Å². The maximum absolute atomic E-state index is 13.3. The largest absolute Gasteiger partial charge is 0.497 e. The molecule has 6 N–H and O–H groups in total. The van der Waals surface area contributed by atoms with Gasteiger partial charge < -0.3 is 48.9 Å². The van der Waals surface area contributed by atoms with E-state index in [2.05, 4.69) is 56.0 Å². The van der Waals surface area contributed by atoms with Gasteiger partial charge in [0.2, 0.25) is 11.8 Å². The fourth-order valence-corrected chi connectivity index (χ4v) is 9.35. The zero-order valence-electron chi connectivity index (χ0n) is 40.6. The van der Waals surface area contributed by atoms with Gasteiger partial charge in [-0.1, -0.05) is 47.5 Å². The number of halogens is 2. The van der Waals surface area contributed by atoms with Crippen molar-refractivity contribution in [3.05, 3.63) is 117 Å². The van der Waals surface area contributed by atoms with Gasteiger partial charge in [0.15, 0.2) is 0 Å². The standard InChI is InChI=1S/C51H64Cl2N10O8/c1-5-54-46(64)30-42-50-60-59-33(3)63(50)45-17-15-39(29-41(45)49(56-42)35-8-12-37(53)13-9-35)71-27-26-70-25-24-69-23-22-68-21-20-67-19-18-55-47(65)31-43-51-61-58-32(2)62(51)44-16-14-38(66-4)28-40(44)48(57-43)34-6-10-36(52)11-7-34/h6-17,28-29,32-33,42-43,50-51,58-61H,5,18-27,30-31H2,1-4H3,(H,54,64)(H,55,65)/t32?,33?,42-,43-,50?,51?/m0/s1. The molecular weight excluding hydrogens is 952 g/mol. The van der Waals surface area contributed by atoms with Gasteiger partial charge in [-0.15, -0.1) is 0 Å². The summed E-state index contributed by atoms with van der Waals surface area (Å²) in [5.74, 6) is 1.20. The number of hydrogen-bond acceptors (Lipinski definition) is 16. The number of hydrogen-bond donors (Lipinski definition) is 6. The molecule has 4 aliphatic rings. The van der Waals surface area contributed by atoms with E-state index in [1.807, 2.05) is 91.9 Å². The average Bonchev–Trinajstić information content (AvgIpc) is 3.87. The van der Waals surface area contributed by atoms with Crippen LogP contribution < -0.4 is 51.6 Å². The van der Waals surface area contributed by atoms with Crippen LogP contribution >= 0.6 is 23.2 Å². The van der Waals surface area contributed by atoms with E-state index in [4.69, 9.17) is 61.6 Å². The maximum atomic E-state index is 13.3. The molecule has 2 saturated heterocycles. The number of benzene rings is 4. The Morgan fingerprint density at radius 1 is 0.577 bits per heavy atom. The van der Waals surface area contributed by atoms with Crippen LogP contribution in [-0.2, 0) is 28.5 Å². The number of methoxy groups -OCH3 is 1.